The zero-order valence-corrected chi connectivity index (χ0v) is 10.2. The van der Waals surface area contributed by atoms with E-state index in [1.165, 1.54) is 0 Å². The predicted octanol–water partition coefficient (Wildman–Crippen LogP) is 1.99. The maximum absolute atomic E-state index is 13.4. The fourth-order valence-corrected chi connectivity index (χ4v) is 1.38. The van der Waals surface area contributed by atoms with Gasteiger partial charge in [0.1, 0.15) is 0 Å². The first-order valence-corrected chi connectivity index (χ1v) is 5.41. The average molecular weight is 259 g/mol. The largest absolute Gasteiger partial charge is 0.488 e. The quantitative estimate of drug-likeness (QED) is 0.794. The van der Waals surface area contributed by atoms with Gasteiger partial charge in [-0.3, -0.25) is 0 Å². The summed E-state index contributed by atoms with van der Waals surface area (Å²) in [5, 5.41) is 8.62. The lowest BCUT2D eigenvalue weighted by molar-refractivity contribution is 0.0695. The van der Waals surface area contributed by atoms with Gasteiger partial charge in [0.2, 0.25) is 0 Å². The van der Waals surface area contributed by atoms with Crippen LogP contribution >= 0.6 is 0 Å². The summed E-state index contributed by atoms with van der Waals surface area (Å²) >= 11 is 0. The molecule has 1 aromatic carbocycles. The summed E-state index contributed by atoms with van der Waals surface area (Å²) in [5.74, 6) is -3.92. The average Bonchev–Trinajstić information content (AvgIpc) is 2.26. The van der Waals surface area contributed by atoms with Crippen LogP contribution in [0.25, 0.3) is 0 Å². The van der Waals surface area contributed by atoms with Crippen LogP contribution in [0, 0.1) is 11.6 Å². The smallest absolute Gasteiger partial charge is 0.335 e. The lowest BCUT2D eigenvalue weighted by Crippen LogP contribution is -2.16. The second kappa shape index (κ2) is 6.30. The van der Waals surface area contributed by atoms with Crippen LogP contribution < -0.4 is 4.74 Å². The van der Waals surface area contributed by atoms with Gasteiger partial charge in [0.15, 0.2) is 17.4 Å². The highest BCUT2D eigenvalue weighted by Crippen LogP contribution is 2.23. The molecule has 18 heavy (non-hydrogen) atoms. The molecule has 1 N–H and O–H groups in total. The van der Waals surface area contributed by atoms with Gasteiger partial charge in [0.25, 0.3) is 0 Å². The van der Waals surface area contributed by atoms with E-state index in [1.807, 2.05) is 19.0 Å². The first-order valence-electron chi connectivity index (χ1n) is 5.41. The second-order valence-corrected chi connectivity index (χ2v) is 4.08. The van der Waals surface area contributed by atoms with Gasteiger partial charge in [-0.1, -0.05) is 0 Å². The van der Waals surface area contributed by atoms with Crippen LogP contribution in [-0.4, -0.2) is 43.2 Å². The number of hydrogen-bond donors (Lipinski definition) is 1. The molecule has 1 aromatic rings. The highest BCUT2D eigenvalue weighted by atomic mass is 19.1. The predicted molar refractivity (Wildman–Crippen MR) is 62.0 cm³/mol. The molecule has 0 spiro atoms. The van der Waals surface area contributed by atoms with Crippen LogP contribution in [0.2, 0.25) is 0 Å². The van der Waals surface area contributed by atoms with Gasteiger partial charge in [0.05, 0.1) is 12.2 Å². The van der Waals surface area contributed by atoms with E-state index in [0.717, 1.165) is 18.7 Å². The minimum atomic E-state index is -1.38. The SMILES string of the molecule is CN(C)CCCOc1c(F)cc(C(=O)O)cc1F. The van der Waals surface area contributed by atoms with Gasteiger partial charge in [-0.25, -0.2) is 13.6 Å². The van der Waals surface area contributed by atoms with Gasteiger partial charge in [-0.15, -0.1) is 0 Å². The zero-order valence-electron chi connectivity index (χ0n) is 10.2. The molecule has 0 aliphatic heterocycles. The van der Waals surface area contributed by atoms with Crippen LogP contribution in [0.3, 0.4) is 0 Å². The van der Waals surface area contributed by atoms with Crippen molar-refractivity contribution in [3.05, 3.63) is 29.3 Å². The van der Waals surface area contributed by atoms with Crippen molar-refractivity contribution in [3.8, 4) is 5.75 Å². The Bertz CT molecular complexity index is 412. The maximum atomic E-state index is 13.4. The molecule has 0 radical (unpaired) electrons. The number of aromatic carboxylic acids is 1. The summed E-state index contributed by atoms with van der Waals surface area (Å²) in [5.41, 5.74) is -0.439. The molecular formula is C12H15F2NO3. The monoisotopic (exact) mass is 259 g/mol. The molecule has 6 heteroatoms. The van der Waals surface area contributed by atoms with E-state index in [0.29, 0.717) is 6.42 Å². The van der Waals surface area contributed by atoms with E-state index in [4.69, 9.17) is 9.84 Å². The van der Waals surface area contributed by atoms with Crippen molar-refractivity contribution in [2.75, 3.05) is 27.2 Å². The van der Waals surface area contributed by atoms with Crippen molar-refractivity contribution in [3.63, 3.8) is 0 Å². The molecule has 0 fully saturated rings. The minimum absolute atomic E-state index is 0.165. The Balaban J connectivity index is 2.69. The molecule has 0 unspecified atom stereocenters. The number of rotatable bonds is 6. The summed E-state index contributed by atoms with van der Waals surface area (Å²) in [6, 6.07) is 1.49. The molecule has 100 valence electrons. The summed E-state index contributed by atoms with van der Waals surface area (Å²) in [7, 11) is 3.76. The number of carboxylic acids is 1. The molecule has 0 aliphatic carbocycles. The number of halogens is 2. The topological polar surface area (TPSA) is 49.8 Å². The van der Waals surface area contributed by atoms with Gasteiger partial charge < -0.3 is 14.7 Å². The zero-order chi connectivity index (χ0) is 13.7. The first-order chi connectivity index (χ1) is 8.41. The standard InChI is InChI=1S/C12H15F2NO3/c1-15(2)4-3-5-18-11-9(13)6-8(12(16)17)7-10(11)14/h6-7H,3-5H2,1-2H3,(H,16,17). The highest BCUT2D eigenvalue weighted by Gasteiger charge is 2.15. The van der Waals surface area contributed by atoms with Crippen molar-refractivity contribution in [1.29, 1.82) is 0 Å². The van der Waals surface area contributed by atoms with Crippen LogP contribution in [0.1, 0.15) is 16.8 Å². The van der Waals surface area contributed by atoms with Crippen LogP contribution in [0.4, 0.5) is 8.78 Å². The number of nitrogens with zero attached hydrogens (tertiary/aromatic N) is 1. The number of ether oxygens (including phenoxy) is 1. The second-order valence-electron chi connectivity index (χ2n) is 4.08. The van der Waals surface area contributed by atoms with Crippen molar-refractivity contribution in [2.45, 2.75) is 6.42 Å². The fraction of sp³-hybridized carbons (Fsp3) is 0.417. The summed E-state index contributed by atoms with van der Waals surface area (Å²) in [6.07, 6.45) is 0.618. The van der Waals surface area contributed by atoms with Crippen molar-refractivity contribution in [1.82, 2.24) is 4.90 Å². The van der Waals surface area contributed by atoms with Crippen LogP contribution in [0.5, 0.6) is 5.75 Å². The van der Waals surface area contributed by atoms with Crippen molar-refractivity contribution >= 4 is 5.97 Å². The van der Waals surface area contributed by atoms with Gasteiger partial charge >= 0.3 is 5.97 Å². The maximum Gasteiger partial charge on any atom is 0.335 e. The van der Waals surface area contributed by atoms with E-state index >= 15 is 0 Å². The summed E-state index contributed by atoms with van der Waals surface area (Å²) in [4.78, 5) is 12.5. The minimum Gasteiger partial charge on any atom is -0.488 e. The number of benzene rings is 1. The molecular weight excluding hydrogens is 244 g/mol. The lowest BCUT2D eigenvalue weighted by Gasteiger charge is -2.11. The Labute approximate surface area is 104 Å². The molecule has 0 bridgehead atoms. The normalized spacial score (nSPS) is 10.7. The third-order valence-electron chi connectivity index (χ3n) is 2.24. The Morgan fingerprint density at radius 2 is 1.89 bits per heavy atom. The lowest BCUT2D eigenvalue weighted by atomic mass is 10.2. The molecule has 0 saturated heterocycles. The highest BCUT2D eigenvalue weighted by molar-refractivity contribution is 5.87. The fourth-order valence-electron chi connectivity index (χ4n) is 1.38. The van der Waals surface area contributed by atoms with E-state index in [9.17, 15) is 13.6 Å². The molecule has 0 saturated carbocycles. The summed E-state index contributed by atoms with van der Waals surface area (Å²) in [6.45, 7) is 0.898. The van der Waals surface area contributed by atoms with E-state index in [1.54, 1.807) is 0 Å². The Kier molecular flexibility index (Phi) is 5.03. The van der Waals surface area contributed by atoms with Gasteiger partial charge in [-0.2, -0.15) is 0 Å². The van der Waals surface area contributed by atoms with E-state index < -0.39 is 28.9 Å². The number of carbonyl (C=O) groups is 1. The van der Waals surface area contributed by atoms with Crippen LogP contribution in [0.15, 0.2) is 12.1 Å². The Morgan fingerprint density at radius 3 is 2.33 bits per heavy atom. The first kappa shape index (κ1) is 14.4. The molecule has 1 rings (SSSR count). The molecule has 0 heterocycles. The van der Waals surface area contributed by atoms with E-state index in [-0.39, 0.29) is 6.61 Å². The van der Waals surface area contributed by atoms with Gasteiger partial charge in [0, 0.05) is 6.54 Å². The molecule has 0 atom stereocenters. The Morgan fingerprint density at radius 1 is 1.33 bits per heavy atom. The molecule has 0 amide bonds. The van der Waals surface area contributed by atoms with Crippen molar-refractivity contribution < 1.29 is 23.4 Å². The number of carboxylic acid groups (broad SMARTS) is 1. The Hall–Kier alpha value is -1.69. The molecule has 0 aromatic heterocycles. The number of hydrogen-bond acceptors (Lipinski definition) is 3. The molecule has 0 aliphatic rings. The summed E-state index contributed by atoms with van der Waals surface area (Å²) < 4.78 is 31.8. The van der Waals surface area contributed by atoms with Crippen LogP contribution in [-0.2, 0) is 0 Å². The molecule has 4 nitrogen and oxygen atoms in total. The van der Waals surface area contributed by atoms with E-state index in [2.05, 4.69) is 0 Å². The third kappa shape index (κ3) is 3.96. The van der Waals surface area contributed by atoms with Crippen molar-refractivity contribution in [2.24, 2.45) is 0 Å². The van der Waals surface area contributed by atoms with Gasteiger partial charge in [-0.05, 0) is 32.6 Å². The third-order valence-corrected chi connectivity index (χ3v) is 2.24.